The number of nitrogens with one attached hydrogen (secondary N) is 1. The lowest BCUT2D eigenvalue weighted by Crippen LogP contribution is -2.51. The number of aromatic nitrogens is 2. The largest absolute Gasteiger partial charge is 0.481 e. The monoisotopic (exact) mass is 671 g/mol. The van der Waals surface area contributed by atoms with Crippen LogP contribution in [0.5, 0.6) is 0 Å². The van der Waals surface area contributed by atoms with E-state index in [1.807, 2.05) is 0 Å². The minimum atomic E-state index is -1.43. The summed E-state index contributed by atoms with van der Waals surface area (Å²) in [4.78, 5) is 53.6. The van der Waals surface area contributed by atoms with Crippen LogP contribution in [0.4, 0.5) is 5.69 Å². The first-order chi connectivity index (χ1) is 20.3. The lowest BCUT2D eigenvalue weighted by atomic mass is 9.97. The molecule has 0 saturated carbocycles. The van der Waals surface area contributed by atoms with E-state index < -0.39 is 34.7 Å². The Morgan fingerprint density at radius 2 is 1.72 bits per heavy atom. The van der Waals surface area contributed by atoms with Crippen LogP contribution < -0.4 is 16.0 Å². The van der Waals surface area contributed by atoms with Crippen LogP contribution in [-0.4, -0.2) is 62.3 Å². The van der Waals surface area contributed by atoms with Gasteiger partial charge in [-0.05, 0) is 36.6 Å². The first kappa shape index (κ1) is 34.3. The summed E-state index contributed by atoms with van der Waals surface area (Å²) in [7, 11) is 0. The summed E-state index contributed by atoms with van der Waals surface area (Å²) in [5.74, 6) is -2.86. The Kier molecular flexibility index (Phi) is 12.3. The van der Waals surface area contributed by atoms with Gasteiger partial charge in [0.1, 0.15) is 11.4 Å². The van der Waals surface area contributed by atoms with Crippen LogP contribution in [0.15, 0.2) is 47.1 Å². The predicted octanol–water partition coefficient (Wildman–Crippen LogP) is 5.14. The number of anilines is 1. The molecule has 0 spiro atoms. The van der Waals surface area contributed by atoms with Crippen molar-refractivity contribution in [1.82, 2.24) is 15.5 Å². The summed E-state index contributed by atoms with van der Waals surface area (Å²) in [5.41, 5.74) is 7.29. The van der Waals surface area contributed by atoms with E-state index in [4.69, 9.17) is 61.8 Å². The molecule has 0 aliphatic carbocycles. The number of benzene rings is 1. The molecular formula is C28H29Cl4N5O6. The number of hydrogen-bond donors (Lipinski definition) is 3. The molecule has 0 bridgehead atoms. The zero-order chi connectivity index (χ0) is 31.8. The number of hydrogen-bond acceptors (Lipinski definition) is 8. The SMILES string of the molecule is CC(C)C(NC(=O)C(N)CCC(=O)O)C(=O)CCN(C(=O)C(Cl)Cl)c1ccnc(-c2cc(-c3c(Cl)cccc3Cl)no2)c1. The van der Waals surface area contributed by atoms with Gasteiger partial charge >= 0.3 is 5.97 Å². The number of rotatable bonds is 14. The van der Waals surface area contributed by atoms with Gasteiger partial charge in [0.05, 0.1) is 22.1 Å². The van der Waals surface area contributed by atoms with Crippen molar-refractivity contribution in [2.75, 3.05) is 11.4 Å². The van der Waals surface area contributed by atoms with E-state index in [9.17, 15) is 19.2 Å². The van der Waals surface area contributed by atoms with E-state index in [0.717, 1.165) is 0 Å². The lowest BCUT2D eigenvalue weighted by molar-refractivity contribution is -0.137. The molecule has 3 rings (SSSR count). The van der Waals surface area contributed by atoms with Crippen LogP contribution >= 0.6 is 46.4 Å². The van der Waals surface area contributed by atoms with Crippen LogP contribution in [0.2, 0.25) is 10.0 Å². The van der Waals surface area contributed by atoms with E-state index in [1.165, 1.54) is 17.2 Å². The van der Waals surface area contributed by atoms with Gasteiger partial charge in [-0.15, -0.1) is 0 Å². The summed E-state index contributed by atoms with van der Waals surface area (Å²) >= 11 is 24.4. The molecule has 43 heavy (non-hydrogen) atoms. The molecule has 0 aliphatic heterocycles. The third-order valence-corrected chi connectivity index (χ3v) is 7.39. The summed E-state index contributed by atoms with van der Waals surface area (Å²) in [6, 6.07) is 7.67. The van der Waals surface area contributed by atoms with E-state index in [1.54, 1.807) is 44.2 Å². The molecule has 0 radical (unpaired) electrons. The number of aliphatic carboxylic acids is 1. The molecule has 0 saturated heterocycles. The fourth-order valence-electron chi connectivity index (χ4n) is 4.13. The Hall–Kier alpha value is -3.22. The number of nitrogens with zero attached hydrogens (tertiary/aromatic N) is 3. The quantitative estimate of drug-likeness (QED) is 0.196. The molecule has 0 fully saturated rings. The van der Waals surface area contributed by atoms with Crippen molar-refractivity contribution >= 4 is 75.7 Å². The number of carboxylic acids is 1. The summed E-state index contributed by atoms with van der Waals surface area (Å²) < 4.78 is 5.48. The van der Waals surface area contributed by atoms with Gasteiger partial charge in [0, 0.05) is 42.9 Å². The third kappa shape index (κ3) is 9.14. The predicted molar refractivity (Wildman–Crippen MR) is 164 cm³/mol. The standard InChI is InChI=1S/C28H29Cl4N5O6/c1-14(2)25(35-27(41)18(33)6-7-23(39)40)21(38)9-11-37(28(42)26(31)32)15-8-10-34-19(12-15)22-13-20(36-43-22)24-16(29)4-3-5-17(24)30/h3-5,8,10,12-14,18,25-26H,6-7,9,11,33H2,1-2H3,(H,35,41)(H,39,40). The first-order valence-electron chi connectivity index (χ1n) is 13.1. The highest BCUT2D eigenvalue weighted by Gasteiger charge is 2.29. The highest BCUT2D eigenvalue weighted by molar-refractivity contribution is 6.54. The zero-order valence-corrected chi connectivity index (χ0v) is 26.1. The average Bonchev–Trinajstić information content (AvgIpc) is 3.44. The van der Waals surface area contributed by atoms with Crippen molar-refractivity contribution < 1.29 is 28.8 Å². The molecule has 4 N–H and O–H groups in total. The lowest BCUT2D eigenvalue weighted by Gasteiger charge is -2.26. The Balaban J connectivity index is 1.81. The van der Waals surface area contributed by atoms with E-state index >= 15 is 0 Å². The number of Topliss-reactive ketones (excluding diaryl/α,β-unsaturated/α-hetero) is 1. The van der Waals surface area contributed by atoms with Crippen LogP contribution in [0.3, 0.4) is 0 Å². The number of ketones is 1. The van der Waals surface area contributed by atoms with Gasteiger partial charge in [-0.3, -0.25) is 24.2 Å². The van der Waals surface area contributed by atoms with Crippen molar-refractivity contribution in [3.8, 4) is 22.7 Å². The fraction of sp³-hybridized carbons (Fsp3) is 0.357. The number of nitrogens with two attached hydrogens (primary N) is 1. The maximum absolute atomic E-state index is 13.2. The van der Waals surface area contributed by atoms with Gasteiger partial charge < -0.3 is 25.6 Å². The van der Waals surface area contributed by atoms with Crippen molar-refractivity contribution in [3.63, 3.8) is 0 Å². The Morgan fingerprint density at radius 1 is 1.05 bits per heavy atom. The van der Waals surface area contributed by atoms with Gasteiger partial charge in [0.2, 0.25) is 5.91 Å². The normalized spacial score (nSPS) is 12.7. The number of amides is 2. The van der Waals surface area contributed by atoms with Gasteiger partial charge in [-0.1, -0.05) is 71.5 Å². The molecular weight excluding hydrogens is 644 g/mol. The molecule has 2 unspecified atom stereocenters. The van der Waals surface area contributed by atoms with Crippen LogP contribution in [0.1, 0.15) is 33.1 Å². The van der Waals surface area contributed by atoms with Crippen LogP contribution in [-0.2, 0) is 19.2 Å². The van der Waals surface area contributed by atoms with Crippen molar-refractivity contribution in [2.45, 2.75) is 50.0 Å². The second-order valence-corrected chi connectivity index (χ2v) is 11.8. The van der Waals surface area contributed by atoms with Crippen molar-refractivity contribution in [1.29, 1.82) is 0 Å². The van der Waals surface area contributed by atoms with Gasteiger partial charge in [-0.2, -0.15) is 0 Å². The van der Waals surface area contributed by atoms with E-state index in [0.29, 0.717) is 32.7 Å². The van der Waals surface area contributed by atoms with Crippen molar-refractivity contribution in [2.24, 2.45) is 11.7 Å². The number of carbonyl (C=O) groups excluding carboxylic acids is 3. The third-order valence-electron chi connectivity index (χ3n) is 6.39. The number of alkyl halides is 2. The second-order valence-electron chi connectivity index (χ2n) is 9.85. The number of pyridine rings is 1. The minimum Gasteiger partial charge on any atom is -0.481 e. The second kappa shape index (κ2) is 15.5. The van der Waals surface area contributed by atoms with Gasteiger partial charge in [-0.25, -0.2) is 0 Å². The molecule has 2 atom stereocenters. The Morgan fingerprint density at radius 3 is 2.33 bits per heavy atom. The molecule has 2 amide bonds. The number of carbonyl (C=O) groups is 4. The van der Waals surface area contributed by atoms with E-state index in [2.05, 4.69) is 15.5 Å². The van der Waals surface area contributed by atoms with Crippen LogP contribution in [0, 0.1) is 5.92 Å². The highest BCUT2D eigenvalue weighted by atomic mass is 35.5. The van der Waals surface area contributed by atoms with E-state index in [-0.39, 0.29) is 43.3 Å². The molecule has 2 aromatic heterocycles. The fourth-order valence-corrected chi connectivity index (χ4v) is 4.96. The van der Waals surface area contributed by atoms with Gasteiger partial charge in [0.15, 0.2) is 16.4 Å². The maximum Gasteiger partial charge on any atom is 0.303 e. The Bertz CT molecular complexity index is 1460. The average molecular weight is 673 g/mol. The molecule has 0 aliphatic rings. The molecule has 3 aromatic rings. The Labute approximate surface area is 267 Å². The van der Waals surface area contributed by atoms with Crippen LogP contribution in [0.25, 0.3) is 22.7 Å². The number of carboxylic acid groups (broad SMARTS) is 1. The van der Waals surface area contributed by atoms with Gasteiger partial charge in [0.25, 0.3) is 5.91 Å². The summed E-state index contributed by atoms with van der Waals surface area (Å²) in [5, 5.41) is 16.2. The summed E-state index contributed by atoms with van der Waals surface area (Å²) in [6.07, 6.45) is 0.887. The minimum absolute atomic E-state index is 0.0855. The topological polar surface area (TPSA) is 169 Å². The number of halogens is 4. The molecule has 230 valence electrons. The molecule has 1 aromatic carbocycles. The highest BCUT2D eigenvalue weighted by Crippen LogP contribution is 2.36. The summed E-state index contributed by atoms with van der Waals surface area (Å²) in [6.45, 7) is 3.34. The molecule has 2 heterocycles. The van der Waals surface area contributed by atoms with Crippen molar-refractivity contribution in [3.05, 3.63) is 52.6 Å². The molecule has 15 heteroatoms. The smallest absolute Gasteiger partial charge is 0.303 e. The molecule has 11 nitrogen and oxygen atoms in total. The maximum atomic E-state index is 13.2. The first-order valence-corrected chi connectivity index (χ1v) is 14.7. The zero-order valence-electron chi connectivity index (χ0n) is 23.1.